The summed E-state index contributed by atoms with van der Waals surface area (Å²) < 4.78 is 24.2. The monoisotopic (exact) mass is 428 g/mol. The highest BCUT2D eigenvalue weighted by molar-refractivity contribution is 7.80. The summed E-state index contributed by atoms with van der Waals surface area (Å²) in [5.74, 6) is -0.352. The van der Waals surface area contributed by atoms with Gasteiger partial charge >= 0.3 is 5.97 Å². The number of rotatable bonds is 4. The third kappa shape index (κ3) is 2.94. The zero-order valence-electron chi connectivity index (χ0n) is 16.3. The fourth-order valence-corrected chi connectivity index (χ4v) is 5.29. The van der Waals surface area contributed by atoms with Crippen molar-refractivity contribution in [2.75, 3.05) is 12.0 Å². The second-order valence-electron chi connectivity index (χ2n) is 7.90. The molecule has 1 saturated carbocycles. The van der Waals surface area contributed by atoms with Crippen molar-refractivity contribution in [3.63, 3.8) is 0 Å². The molecule has 156 valence electrons. The molecule has 2 bridgehead atoms. The fraction of sp³-hybridized carbons (Fsp3) is 0.364. The SMILES string of the molecule is COc1ccc(N2C(=S)N(Cc3ccc(F)cc3)[C@H]3[C@H]4OC(=O)[C@@H](C[C@H]4O)[C@@H]32)cc1. The number of carbonyl (C=O) groups excluding carboxylic acids is 1. The number of carbonyl (C=O) groups is 1. The lowest BCUT2D eigenvalue weighted by atomic mass is 9.74. The molecule has 6 rings (SSSR count). The minimum Gasteiger partial charge on any atom is -0.497 e. The van der Waals surface area contributed by atoms with Crippen LogP contribution in [0.5, 0.6) is 5.75 Å². The van der Waals surface area contributed by atoms with Gasteiger partial charge in [-0.15, -0.1) is 0 Å². The lowest BCUT2D eigenvalue weighted by Gasteiger charge is -2.49. The lowest BCUT2D eigenvalue weighted by molar-refractivity contribution is -0.194. The number of aliphatic hydroxyl groups is 1. The Morgan fingerprint density at radius 3 is 2.53 bits per heavy atom. The predicted molar refractivity (Wildman–Crippen MR) is 112 cm³/mol. The van der Waals surface area contributed by atoms with Crippen molar-refractivity contribution in [2.45, 2.75) is 37.3 Å². The Morgan fingerprint density at radius 2 is 1.87 bits per heavy atom. The first-order chi connectivity index (χ1) is 14.5. The van der Waals surface area contributed by atoms with Gasteiger partial charge in [0, 0.05) is 12.2 Å². The van der Waals surface area contributed by atoms with Crippen molar-refractivity contribution in [2.24, 2.45) is 5.92 Å². The van der Waals surface area contributed by atoms with Crippen molar-refractivity contribution in [3.05, 3.63) is 59.9 Å². The molecule has 8 heteroatoms. The minimum atomic E-state index is -0.733. The largest absolute Gasteiger partial charge is 0.497 e. The van der Waals surface area contributed by atoms with E-state index in [1.54, 1.807) is 19.2 Å². The Kier molecular flexibility index (Phi) is 4.63. The van der Waals surface area contributed by atoms with E-state index in [1.165, 1.54) is 12.1 Å². The van der Waals surface area contributed by atoms with E-state index < -0.39 is 18.1 Å². The van der Waals surface area contributed by atoms with Crippen LogP contribution in [0.1, 0.15) is 12.0 Å². The van der Waals surface area contributed by atoms with Gasteiger partial charge in [-0.25, -0.2) is 4.39 Å². The maximum absolute atomic E-state index is 13.4. The molecule has 2 aromatic rings. The number of hydrogen-bond acceptors (Lipinski definition) is 5. The predicted octanol–water partition coefficient (Wildman–Crippen LogP) is 2.48. The van der Waals surface area contributed by atoms with E-state index in [9.17, 15) is 14.3 Å². The first-order valence-corrected chi connectivity index (χ1v) is 10.3. The average Bonchev–Trinajstić information content (AvgIpc) is 3.04. The highest BCUT2D eigenvalue weighted by Gasteiger charge is 2.62. The topological polar surface area (TPSA) is 62.2 Å². The molecule has 5 atom stereocenters. The van der Waals surface area contributed by atoms with E-state index in [2.05, 4.69) is 0 Å². The van der Waals surface area contributed by atoms with Crippen molar-refractivity contribution in [1.82, 2.24) is 4.90 Å². The van der Waals surface area contributed by atoms with Crippen LogP contribution in [-0.4, -0.2) is 52.5 Å². The van der Waals surface area contributed by atoms with Crippen LogP contribution in [0.15, 0.2) is 48.5 Å². The quantitative estimate of drug-likeness (QED) is 0.593. The Balaban J connectivity index is 1.55. The zero-order chi connectivity index (χ0) is 21.0. The molecule has 3 aliphatic heterocycles. The Labute approximate surface area is 178 Å². The Morgan fingerprint density at radius 1 is 1.17 bits per heavy atom. The van der Waals surface area contributed by atoms with E-state index in [4.69, 9.17) is 21.7 Å². The van der Waals surface area contributed by atoms with Crippen LogP contribution in [0.2, 0.25) is 0 Å². The first kappa shape index (κ1) is 19.3. The molecule has 6 nitrogen and oxygen atoms in total. The number of anilines is 1. The third-order valence-corrected chi connectivity index (χ3v) is 6.69. The zero-order valence-corrected chi connectivity index (χ0v) is 17.1. The van der Waals surface area contributed by atoms with Gasteiger partial charge in [-0.3, -0.25) is 4.79 Å². The smallest absolute Gasteiger partial charge is 0.311 e. The summed E-state index contributed by atoms with van der Waals surface area (Å²) in [6, 6.07) is 13.3. The molecule has 0 spiro atoms. The number of thiocarbonyl (C=S) groups is 1. The van der Waals surface area contributed by atoms with E-state index in [1.807, 2.05) is 34.1 Å². The highest BCUT2D eigenvalue weighted by Crippen LogP contribution is 2.46. The summed E-state index contributed by atoms with van der Waals surface area (Å²) in [4.78, 5) is 16.5. The molecule has 0 aromatic heterocycles. The number of esters is 1. The molecule has 3 saturated heterocycles. The Bertz CT molecular complexity index is 984. The molecule has 1 aliphatic carbocycles. The standard InChI is InChI=1S/C22H21FN2O4S/c1-28-15-8-6-14(7-9-15)25-18-16-10-17(26)20(29-21(16)27)19(18)24(22(25)30)11-12-2-4-13(23)5-3-12/h2-9,16-20,26H,10-11H2,1H3/t16-,17+,18-,19+,20-/m0/s1. The van der Waals surface area contributed by atoms with Gasteiger partial charge in [-0.05, 0) is 60.6 Å². The summed E-state index contributed by atoms with van der Waals surface area (Å²) in [6.07, 6.45) is -1.04. The van der Waals surface area contributed by atoms with Gasteiger partial charge in [-0.2, -0.15) is 0 Å². The first-order valence-electron chi connectivity index (χ1n) is 9.85. The minimum absolute atomic E-state index is 0.235. The van der Waals surface area contributed by atoms with E-state index in [-0.39, 0.29) is 23.9 Å². The van der Waals surface area contributed by atoms with Gasteiger partial charge in [0.25, 0.3) is 0 Å². The van der Waals surface area contributed by atoms with Crippen LogP contribution in [0, 0.1) is 11.7 Å². The molecule has 0 radical (unpaired) electrons. The summed E-state index contributed by atoms with van der Waals surface area (Å²) in [7, 11) is 1.60. The number of methoxy groups -OCH3 is 1. The van der Waals surface area contributed by atoms with Crippen LogP contribution >= 0.6 is 12.2 Å². The maximum Gasteiger partial charge on any atom is 0.311 e. The van der Waals surface area contributed by atoms with Gasteiger partial charge in [-0.1, -0.05) is 12.1 Å². The summed E-state index contributed by atoms with van der Waals surface area (Å²) in [6.45, 7) is 0.431. The molecule has 2 aromatic carbocycles. The maximum atomic E-state index is 13.4. The van der Waals surface area contributed by atoms with Crippen LogP contribution < -0.4 is 9.64 Å². The van der Waals surface area contributed by atoms with Crippen LogP contribution in [0.4, 0.5) is 10.1 Å². The summed E-state index contributed by atoms with van der Waals surface area (Å²) in [5, 5.41) is 11.1. The molecule has 3 heterocycles. The number of ether oxygens (including phenoxy) is 2. The van der Waals surface area contributed by atoms with Gasteiger partial charge in [0.2, 0.25) is 0 Å². The molecule has 4 aliphatic rings. The average molecular weight is 428 g/mol. The van der Waals surface area contributed by atoms with Gasteiger partial charge in [0.1, 0.15) is 17.7 Å². The second kappa shape index (κ2) is 7.21. The van der Waals surface area contributed by atoms with Gasteiger partial charge in [0.15, 0.2) is 5.11 Å². The molecule has 4 fully saturated rings. The normalized spacial score (nSPS) is 29.8. The summed E-state index contributed by atoms with van der Waals surface area (Å²) in [5.41, 5.74) is 1.74. The van der Waals surface area contributed by atoms with E-state index in [0.29, 0.717) is 18.1 Å². The van der Waals surface area contributed by atoms with Crippen LogP contribution in [0.3, 0.4) is 0 Å². The van der Waals surface area contributed by atoms with Crippen LogP contribution in [-0.2, 0) is 16.1 Å². The number of aliphatic hydroxyl groups excluding tert-OH is 1. The molecule has 1 N–H and O–H groups in total. The number of benzene rings is 2. The molecular formula is C22H21FN2O4S. The van der Waals surface area contributed by atoms with Gasteiger partial charge < -0.3 is 24.4 Å². The molecular weight excluding hydrogens is 407 g/mol. The van der Waals surface area contributed by atoms with Crippen molar-refractivity contribution >= 4 is 29.0 Å². The van der Waals surface area contributed by atoms with Crippen molar-refractivity contribution in [3.8, 4) is 5.75 Å². The number of halogens is 1. The Hall–Kier alpha value is -2.71. The number of nitrogens with zero attached hydrogens (tertiary/aromatic N) is 2. The molecule has 0 unspecified atom stereocenters. The van der Waals surface area contributed by atoms with Gasteiger partial charge in [0.05, 0.1) is 31.2 Å². The van der Waals surface area contributed by atoms with Crippen molar-refractivity contribution in [1.29, 1.82) is 0 Å². The van der Waals surface area contributed by atoms with E-state index in [0.717, 1.165) is 17.0 Å². The number of fused-ring (bicyclic) bond motifs is 2. The fourth-order valence-electron chi connectivity index (χ4n) is 4.87. The van der Waals surface area contributed by atoms with E-state index >= 15 is 0 Å². The van der Waals surface area contributed by atoms with Crippen molar-refractivity contribution < 1.29 is 23.8 Å². The molecule has 30 heavy (non-hydrogen) atoms. The number of hydrogen-bond donors (Lipinski definition) is 1. The highest BCUT2D eigenvalue weighted by atomic mass is 32.1. The second-order valence-corrected chi connectivity index (χ2v) is 8.26. The third-order valence-electron chi connectivity index (χ3n) is 6.25. The summed E-state index contributed by atoms with van der Waals surface area (Å²) >= 11 is 5.85. The van der Waals surface area contributed by atoms with Crippen LogP contribution in [0.25, 0.3) is 0 Å². The lowest BCUT2D eigenvalue weighted by Crippen LogP contribution is -2.66. The molecule has 0 amide bonds.